The first-order chi connectivity index (χ1) is 21.1. The van der Waals surface area contributed by atoms with E-state index in [9.17, 15) is 14.1 Å². The molecule has 1 aromatic carbocycles. The SMILES string of the molecule is CCC(COS(OS(O)(C(C)C)C(C)C)(C(C)C)C(C)C)OC(OCSCc1ccc(OC)cc1OC)n1ccc(=O)[nH]c1=O. The monoisotopic (exact) mass is 694 g/mol. The van der Waals surface area contributed by atoms with Gasteiger partial charge in [0.05, 0.1) is 32.9 Å². The molecule has 0 amide bonds. The largest absolute Gasteiger partial charge is 0.497 e. The van der Waals surface area contributed by atoms with Crippen molar-refractivity contribution in [3.8, 4) is 11.5 Å². The Bertz CT molecular complexity index is 1280. The zero-order valence-electron chi connectivity index (χ0n) is 28.6. The van der Waals surface area contributed by atoms with Crippen molar-refractivity contribution in [3.05, 3.63) is 56.9 Å². The van der Waals surface area contributed by atoms with Gasteiger partial charge in [0.2, 0.25) is 6.41 Å². The first kappa shape index (κ1) is 39.5. The van der Waals surface area contributed by atoms with Crippen LogP contribution in [0.25, 0.3) is 0 Å². The lowest BCUT2D eigenvalue weighted by Crippen LogP contribution is -2.37. The van der Waals surface area contributed by atoms with Crippen molar-refractivity contribution in [2.45, 2.75) is 108 Å². The Balaban J connectivity index is 2.27. The average Bonchev–Trinajstić information content (AvgIpc) is 2.99. The molecule has 0 aliphatic rings. The second-order valence-electron chi connectivity index (χ2n) is 11.6. The number of nitrogens with one attached hydrogen (secondary N) is 1. The number of aromatic nitrogens is 2. The number of nitrogens with zero attached hydrogens (tertiary/aromatic N) is 1. The van der Waals surface area contributed by atoms with Gasteiger partial charge in [0.1, 0.15) is 11.5 Å². The molecule has 0 aliphatic heterocycles. The highest BCUT2D eigenvalue weighted by Gasteiger charge is 2.40. The van der Waals surface area contributed by atoms with Crippen molar-refractivity contribution >= 4 is 32.9 Å². The molecule has 2 aromatic rings. The number of ether oxygens (including phenoxy) is 4. The molecular formula is C31H54N2O9S3. The molecule has 1 heterocycles. The van der Waals surface area contributed by atoms with Crippen LogP contribution in [0, 0.1) is 0 Å². The predicted octanol–water partition coefficient (Wildman–Crippen LogP) is 7.21. The van der Waals surface area contributed by atoms with Crippen LogP contribution in [0.3, 0.4) is 0 Å². The summed E-state index contributed by atoms with van der Waals surface area (Å²) in [6.07, 6.45) is 0.275. The first-order valence-electron chi connectivity index (χ1n) is 15.2. The minimum atomic E-state index is -2.45. The Morgan fingerprint density at radius 2 is 1.58 bits per heavy atom. The summed E-state index contributed by atoms with van der Waals surface area (Å²) in [4.78, 5) is 26.8. The number of H-pyrrole nitrogens is 1. The van der Waals surface area contributed by atoms with Gasteiger partial charge in [0.15, 0.2) is 0 Å². The van der Waals surface area contributed by atoms with E-state index in [0.717, 1.165) is 5.56 Å². The van der Waals surface area contributed by atoms with Gasteiger partial charge >= 0.3 is 5.69 Å². The standard InChI is InChI=1S/C31H54N2O9S3/c1-12-26(18-40-45(23(6)7,24(8)9)42-44(36,21(2)3)22(4)5)41-31(33-16-15-29(34)32-30(33)35)39-20-43-19-25-13-14-27(37-10)17-28(25)38-11/h13-17,21-24,26,31,36H,12,18-20H2,1-11H3,(H,32,34,35). The lowest BCUT2D eigenvalue weighted by molar-refractivity contribution is -0.213. The number of aromatic amines is 1. The highest BCUT2D eigenvalue weighted by Crippen LogP contribution is 2.71. The molecule has 0 saturated heterocycles. The highest BCUT2D eigenvalue weighted by molar-refractivity contribution is 8.38. The number of thioether (sulfide) groups is 1. The third-order valence-corrected chi connectivity index (χ3v) is 15.6. The summed E-state index contributed by atoms with van der Waals surface area (Å²) < 4.78 is 49.6. The van der Waals surface area contributed by atoms with Gasteiger partial charge in [-0.1, -0.05) is 13.0 Å². The van der Waals surface area contributed by atoms with Crippen molar-refractivity contribution in [1.82, 2.24) is 9.55 Å². The van der Waals surface area contributed by atoms with Crippen LogP contribution in [0.4, 0.5) is 0 Å². The van der Waals surface area contributed by atoms with E-state index in [-0.39, 0.29) is 33.5 Å². The molecule has 1 aromatic heterocycles. The molecule has 14 heteroatoms. The summed E-state index contributed by atoms with van der Waals surface area (Å²) in [5, 5.41) is -0.175. The Labute approximate surface area is 276 Å². The maximum Gasteiger partial charge on any atom is 0.332 e. The lowest BCUT2D eigenvalue weighted by atomic mass is 10.2. The molecule has 0 radical (unpaired) electrons. The minimum absolute atomic E-state index is 0.00765. The molecule has 2 unspecified atom stereocenters. The molecule has 2 atom stereocenters. The molecule has 0 fully saturated rings. The van der Waals surface area contributed by atoms with Gasteiger partial charge in [-0.3, -0.25) is 23.1 Å². The van der Waals surface area contributed by atoms with E-state index in [1.54, 1.807) is 14.2 Å². The van der Waals surface area contributed by atoms with Gasteiger partial charge in [-0.15, -0.1) is 11.8 Å². The average molecular weight is 695 g/mol. The van der Waals surface area contributed by atoms with Gasteiger partial charge in [0, 0.05) is 50.6 Å². The molecular weight excluding hydrogens is 641 g/mol. The van der Waals surface area contributed by atoms with Crippen LogP contribution in [0.15, 0.2) is 40.1 Å². The minimum Gasteiger partial charge on any atom is -0.497 e. The van der Waals surface area contributed by atoms with Crippen molar-refractivity contribution in [2.75, 3.05) is 26.8 Å². The topological polar surface area (TPSA) is 130 Å². The van der Waals surface area contributed by atoms with Gasteiger partial charge < -0.3 is 18.9 Å². The second kappa shape index (κ2) is 18.0. The van der Waals surface area contributed by atoms with Gasteiger partial charge in [-0.05, 0) is 67.9 Å². The Morgan fingerprint density at radius 3 is 2.09 bits per heavy atom. The van der Waals surface area contributed by atoms with Crippen molar-refractivity contribution in [2.24, 2.45) is 0 Å². The normalized spacial score (nSPS) is 14.8. The zero-order chi connectivity index (χ0) is 33.9. The van der Waals surface area contributed by atoms with Crippen molar-refractivity contribution in [1.29, 1.82) is 0 Å². The maximum absolute atomic E-state index is 12.8. The van der Waals surface area contributed by atoms with E-state index in [2.05, 4.69) is 32.7 Å². The zero-order valence-corrected chi connectivity index (χ0v) is 31.0. The van der Waals surface area contributed by atoms with Crippen LogP contribution in [-0.2, 0) is 23.0 Å². The summed E-state index contributed by atoms with van der Waals surface area (Å²) in [7, 11) is -1.48. The van der Waals surface area contributed by atoms with Crippen LogP contribution < -0.4 is 20.7 Å². The van der Waals surface area contributed by atoms with Crippen LogP contribution in [-0.4, -0.2) is 68.0 Å². The number of hydrogen-bond donors (Lipinski definition) is 2. The molecule has 45 heavy (non-hydrogen) atoms. The molecule has 11 nitrogen and oxygen atoms in total. The van der Waals surface area contributed by atoms with E-state index in [1.165, 1.54) is 28.6 Å². The third kappa shape index (κ3) is 10.4. The third-order valence-electron chi connectivity index (χ3n) is 7.21. The molecule has 260 valence electrons. The van der Waals surface area contributed by atoms with Crippen LogP contribution in [0.5, 0.6) is 11.5 Å². The second-order valence-corrected chi connectivity index (χ2v) is 19.4. The number of hydrogen-bond acceptors (Lipinski definition) is 10. The fourth-order valence-corrected chi connectivity index (χ4v) is 12.3. The predicted molar refractivity (Wildman–Crippen MR) is 188 cm³/mol. The summed E-state index contributed by atoms with van der Waals surface area (Å²) in [5.74, 6) is 2.14. The first-order valence-corrected chi connectivity index (χ1v) is 19.6. The fraction of sp³-hybridized carbons (Fsp3) is 0.677. The molecule has 2 rings (SSSR count). The summed E-state index contributed by atoms with van der Waals surface area (Å²) in [6.45, 7) is 18.2. The Morgan fingerprint density at radius 1 is 0.933 bits per heavy atom. The summed E-state index contributed by atoms with van der Waals surface area (Å²) >= 11 is 1.47. The van der Waals surface area contributed by atoms with Crippen molar-refractivity contribution in [3.63, 3.8) is 0 Å². The van der Waals surface area contributed by atoms with Crippen LogP contribution >= 0.6 is 32.9 Å². The van der Waals surface area contributed by atoms with E-state index in [1.807, 2.05) is 52.8 Å². The van der Waals surface area contributed by atoms with Gasteiger partial charge in [0.25, 0.3) is 5.56 Å². The molecule has 0 aliphatic carbocycles. The van der Waals surface area contributed by atoms with Crippen LogP contribution in [0.1, 0.15) is 80.7 Å². The van der Waals surface area contributed by atoms with Gasteiger partial charge in [-0.2, -0.15) is 24.8 Å². The highest BCUT2D eigenvalue weighted by atomic mass is 32.4. The fourth-order valence-electron chi connectivity index (χ4n) is 4.47. The number of benzene rings is 1. The molecule has 0 saturated carbocycles. The Hall–Kier alpha value is -1.65. The van der Waals surface area contributed by atoms with E-state index in [0.29, 0.717) is 23.7 Å². The van der Waals surface area contributed by atoms with Crippen LogP contribution in [0.2, 0.25) is 0 Å². The number of rotatable bonds is 20. The maximum atomic E-state index is 12.8. The number of methoxy groups -OCH3 is 2. The lowest BCUT2D eigenvalue weighted by Gasteiger charge is -2.58. The molecule has 0 spiro atoms. The summed E-state index contributed by atoms with van der Waals surface area (Å²) in [6, 6.07) is 6.85. The van der Waals surface area contributed by atoms with E-state index >= 15 is 0 Å². The van der Waals surface area contributed by atoms with E-state index in [4.69, 9.17) is 26.8 Å². The smallest absolute Gasteiger partial charge is 0.332 e. The van der Waals surface area contributed by atoms with Crippen molar-refractivity contribution < 1.29 is 31.3 Å². The van der Waals surface area contributed by atoms with Gasteiger partial charge in [-0.25, -0.2) is 4.79 Å². The Kier molecular flexibility index (Phi) is 15.8. The summed E-state index contributed by atoms with van der Waals surface area (Å²) in [5.41, 5.74) is -0.215. The molecule has 0 bridgehead atoms. The molecule has 2 N–H and O–H groups in total. The quantitative estimate of drug-likeness (QED) is 0.108. The van der Waals surface area contributed by atoms with E-state index < -0.39 is 44.9 Å².